The highest BCUT2D eigenvalue weighted by Crippen LogP contribution is 2.24. The lowest BCUT2D eigenvalue weighted by molar-refractivity contribution is 0.526. The van der Waals surface area contributed by atoms with Crippen LogP contribution in [0.5, 0.6) is 0 Å². The molecule has 21 heavy (non-hydrogen) atoms. The Morgan fingerprint density at radius 1 is 1.14 bits per heavy atom. The molecule has 1 N–H and O–H groups in total. The van der Waals surface area contributed by atoms with E-state index in [0.717, 1.165) is 25.9 Å². The Hall–Kier alpha value is -1.55. The van der Waals surface area contributed by atoms with Gasteiger partial charge in [0.05, 0.1) is 0 Å². The molecular formula is C17H20BrN3. The van der Waals surface area contributed by atoms with Crippen molar-refractivity contribution in [3.05, 3.63) is 52.8 Å². The third kappa shape index (κ3) is 3.56. The van der Waals surface area contributed by atoms with E-state index >= 15 is 0 Å². The maximum Gasteiger partial charge on any atom is 0.0397 e. The molecule has 0 saturated carbocycles. The van der Waals surface area contributed by atoms with Crippen LogP contribution in [0, 0.1) is 6.92 Å². The van der Waals surface area contributed by atoms with Crippen molar-refractivity contribution in [3.63, 3.8) is 0 Å². The number of aromatic nitrogens is 1. The molecular weight excluding hydrogens is 326 g/mol. The lowest BCUT2D eigenvalue weighted by Gasteiger charge is -2.34. The molecule has 0 amide bonds. The molecule has 1 aromatic heterocycles. The first-order valence-corrected chi connectivity index (χ1v) is 8.19. The molecule has 2 heterocycles. The number of nitrogens with zero attached hydrogens (tertiary/aromatic N) is 2. The summed E-state index contributed by atoms with van der Waals surface area (Å²) in [5, 5.41) is 3.66. The van der Waals surface area contributed by atoms with Gasteiger partial charge in [0.25, 0.3) is 0 Å². The number of halogens is 1. The fourth-order valence-electron chi connectivity index (χ4n) is 2.81. The van der Waals surface area contributed by atoms with E-state index in [2.05, 4.69) is 68.4 Å². The van der Waals surface area contributed by atoms with E-state index in [0.29, 0.717) is 6.04 Å². The van der Waals surface area contributed by atoms with Gasteiger partial charge in [-0.1, -0.05) is 15.9 Å². The van der Waals surface area contributed by atoms with E-state index in [1.807, 2.05) is 12.4 Å². The Kier molecular flexibility index (Phi) is 4.44. The predicted octanol–water partition coefficient (Wildman–Crippen LogP) is 4.23. The lowest BCUT2D eigenvalue weighted by atomic mass is 10.0. The second kappa shape index (κ2) is 6.48. The van der Waals surface area contributed by atoms with Gasteiger partial charge in [0.15, 0.2) is 0 Å². The number of aryl methyl sites for hydroxylation is 1. The molecule has 1 aliphatic heterocycles. The van der Waals surface area contributed by atoms with Gasteiger partial charge in [-0.15, -0.1) is 0 Å². The molecule has 3 nitrogen and oxygen atoms in total. The molecule has 3 rings (SSSR count). The monoisotopic (exact) mass is 345 g/mol. The number of pyridine rings is 1. The van der Waals surface area contributed by atoms with Crippen molar-refractivity contribution in [3.8, 4) is 0 Å². The van der Waals surface area contributed by atoms with E-state index in [9.17, 15) is 0 Å². The van der Waals surface area contributed by atoms with Crippen LogP contribution in [0.4, 0.5) is 11.4 Å². The van der Waals surface area contributed by atoms with E-state index in [1.165, 1.54) is 21.4 Å². The molecule has 1 fully saturated rings. The summed E-state index contributed by atoms with van der Waals surface area (Å²) in [6, 6.07) is 11.2. The van der Waals surface area contributed by atoms with Gasteiger partial charge in [-0.3, -0.25) is 4.98 Å². The van der Waals surface area contributed by atoms with Gasteiger partial charge in [-0.2, -0.15) is 0 Å². The highest BCUT2D eigenvalue weighted by atomic mass is 79.9. The summed E-state index contributed by atoms with van der Waals surface area (Å²) in [5.74, 6) is 0. The Balaban J connectivity index is 1.57. The number of anilines is 2. The number of piperidine rings is 1. The molecule has 1 saturated heterocycles. The first-order chi connectivity index (χ1) is 10.2. The minimum absolute atomic E-state index is 0.559. The Morgan fingerprint density at radius 3 is 2.52 bits per heavy atom. The Morgan fingerprint density at radius 2 is 1.86 bits per heavy atom. The highest BCUT2D eigenvalue weighted by molar-refractivity contribution is 9.10. The van der Waals surface area contributed by atoms with Crippen LogP contribution in [-0.4, -0.2) is 24.1 Å². The molecule has 4 heteroatoms. The summed E-state index contributed by atoms with van der Waals surface area (Å²) in [6.07, 6.45) is 6.06. The zero-order chi connectivity index (χ0) is 14.7. The molecule has 0 atom stereocenters. The third-order valence-corrected chi connectivity index (χ3v) is 4.94. The zero-order valence-electron chi connectivity index (χ0n) is 12.2. The highest BCUT2D eigenvalue weighted by Gasteiger charge is 2.19. The molecule has 2 aromatic rings. The summed E-state index contributed by atoms with van der Waals surface area (Å²) in [6.45, 7) is 4.32. The van der Waals surface area contributed by atoms with Crippen molar-refractivity contribution in [1.29, 1.82) is 0 Å². The van der Waals surface area contributed by atoms with Gasteiger partial charge in [0.1, 0.15) is 0 Å². The van der Waals surface area contributed by atoms with Gasteiger partial charge >= 0.3 is 0 Å². The standard InChI is InChI=1S/C17H20BrN3/c1-13-12-15(2-3-17(13)18)20-14-6-10-21(11-7-14)16-4-8-19-9-5-16/h2-5,8-9,12,14,20H,6-7,10-11H2,1H3. The van der Waals surface area contributed by atoms with Crippen LogP contribution in [-0.2, 0) is 0 Å². The van der Waals surface area contributed by atoms with Gasteiger partial charge in [0, 0.05) is 47.4 Å². The molecule has 110 valence electrons. The summed E-state index contributed by atoms with van der Waals surface area (Å²) in [7, 11) is 0. The number of benzene rings is 1. The minimum Gasteiger partial charge on any atom is -0.382 e. The van der Waals surface area contributed by atoms with Crippen LogP contribution in [0.25, 0.3) is 0 Å². The van der Waals surface area contributed by atoms with Crippen LogP contribution < -0.4 is 10.2 Å². The molecule has 1 aliphatic rings. The number of hydrogen-bond donors (Lipinski definition) is 1. The average Bonchev–Trinajstić information content (AvgIpc) is 2.53. The van der Waals surface area contributed by atoms with Gasteiger partial charge in [0.2, 0.25) is 0 Å². The van der Waals surface area contributed by atoms with Crippen molar-refractivity contribution in [1.82, 2.24) is 4.98 Å². The van der Waals surface area contributed by atoms with E-state index in [1.54, 1.807) is 0 Å². The topological polar surface area (TPSA) is 28.2 Å². The van der Waals surface area contributed by atoms with Crippen molar-refractivity contribution in [2.75, 3.05) is 23.3 Å². The normalized spacial score (nSPS) is 16.0. The maximum absolute atomic E-state index is 4.08. The molecule has 0 unspecified atom stereocenters. The molecule has 1 aromatic carbocycles. The van der Waals surface area contributed by atoms with Crippen molar-refractivity contribution < 1.29 is 0 Å². The van der Waals surface area contributed by atoms with Crippen LogP contribution in [0.2, 0.25) is 0 Å². The van der Waals surface area contributed by atoms with Crippen LogP contribution in [0.1, 0.15) is 18.4 Å². The van der Waals surface area contributed by atoms with Gasteiger partial charge in [-0.25, -0.2) is 0 Å². The fraction of sp³-hybridized carbons (Fsp3) is 0.353. The first-order valence-electron chi connectivity index (χ1n) is 7.40. The minimum atomic E-state index is 0.559. The smallest absolute Gasteiger partial charge is 0.0397 e. The second-order valence-electron chi connectivity index (χ2n) is 5.58. The molecule has 0 spiro atoms. The second-order valence-corrected chi connectivity index (χ2v) is 6.43. The van der Waals surface area contributed by atoms with Crippen molar-refractivity contribution >= 4 is 27.3 Å². The fourth-order valence-corrected chi connectivity index (χ4v) is 3.05. The van der Waals surface area contributed by atoms with E-state index in [4.69, 9.17) is 0 Å². The van der Waals surface area contributed by atoms with E-state index in [-0.39, 0.29) is 0 Å². The number of hydrogen-bond acceptors (Lipinski definition) is 3. The first kappa shape index (κ1) is 14.4. The quantitative estimate of drug-likeness (QED) is 0.901. The molecule has 0 bridgehead atoms. The lowest BCUT2D eigenvalue weighted by Crippen LogP contribution is -2.39. The number of rotatable bonds is 3. The van der Waals surface area contributed by atoms with Crippen LogP contribution >= 0.6 is 15.9 Å². The largest absolute Gasteiger partial charge is 0.382 e. The zero-order valence-corrected chi connectivity index (χ0v) is 13.8. The van der Waals surface area contributed by atoms with Crippen LogP contribution in [0.15, 0.2) is 47.2 Å². The average molecular weight is 346 g/mol. The van der Waals surface area contributed by atoms with E-state index < -0.39 is 0 Å². The van der Waals surface area contributed by atoms with Crippen molar-refractivity contribution in [2.45, 2.75) is 25.8 Å². The SMILES string of the molecule is Cc1cc(NC2CCN(c3ccncc3)CC2)ccc1Br. The predicted molar refractivity (Wildman–Crippen MR) is 92.0 cm³/mol. The Bertz CT molecular complexity index is 592. The Labute approximate surface area is 134 Å². The van der Waals surface area contributed by atoms with Crippen molar-refractivity contribution in [2.24, 2.45) is 0 Å². The maximum atomic E-state index is 4.08. The summed E-state index contributed by atoms with van der Waals surface area (Å²) in [4.78, 5) is 6.52. The summed E-state index contributed by atoms with van der Waals surface area (Å²) < 4.78 is 1.17. The number of nitrogens with one attached hydrogen (secondary N) is 1. The summed E-state index contributed by atoms with van der Waals surface area (Å²) in [5.41, 5.74) is 3.77. The van der Waals surface area contributed by atoms with Crippen LogP contribution in [0.3, 0.4) is 0 Å². The molecule has 0 aliphatic carbocycles. The van der Waals surface area contributed by atoms with Gasteiger partial charge < -0.3 is 10.2 Å². The molecule has 0 radical (unpaired) electrons. The van der Waals surface area contributed by atoms with Gasteiger partial charge in [-0.05, 0) is 55.7 Å². The summed E-state index contributed by atoms with van der Waals surface area (Å²) >= 11 is 3.55. The third-order valence-electron chi connectivity index (χ3n) is 4.05.